The summed E-state index contributed by atoms with van der Waals surface area (Å²) in [6.45, 7) is 0.866. The Bertz CT molecular complexity index is 231. The molecule has 7 heteroatoms. The molecule has 0 bridgehead atoms. The molecule has 0 amide bonds. The first-order chi connectivity index (χ1) is 5.00. The lowest BCUT2D eigenvalue weighted by Crippen LogP contribution is -2.48. The Kier molecular flexibility index (Phi) is 4.43. The van der Waals surface area contributed by atoms with E-state index in [2.05, 4.69) is 0 Å². The van der Waals surface area contributed by atoms with Crippen molar-refractivity contribution in [1.29, 1.82) is 0 Å². The van der Waals surface area contributed by atoms with Gasteiger partial charge in [0.1, 0.15) is 0 Å². The maximum absolute atomic E-state index is 10.8. The molecule has 0 radical (unpaired) electrons. The van der Waals surface area contributed by atoms with Crippen molar-refractivity contribution in [3.05, 3.63) is 0 Å². The molecule has 1 aliphatic heterocycles. The molecule has 0 aromatic heterocycles. The van der Waals surface area contributed by atoms with Crippen LogP contribution in [0.5, 0.6) is 0 Å². The molecule has 5 nitrogen and oxygen atoms in total. The number of halogens is 1. The first kappa shape index (κ1) is 12.1. The van der Waals surface area contributed by atoms with Gasteiger partial charge in [0.2, 0.25) is 0 Å². The van der Waals surface area contributed by atoms with Crippen molar-refractivity contribution >= 4 is 22.6 Å². The zero-order chi connectivity index (χ0) is 8.48. The molecule has 0 unspecified atom stereocenters. The van der Waals surface area contributed by atoms with Gasteiger partial charge in [0, 0.05) is 19.1 Å². The number of nitrogens with zero attached hydrogens (tertiary/aromatic N) is 1. The Morgan fingerprint density at radius 2 is 2.00 bits per heavy atom. The van der Waals surface area contributed by atoms with Crippen molar-refractivity contribution in [1.82, 2.24) is 4.31 Å². The molecule has 4 N–H and O–H groups in total. The van der Waals surface area contributed by atoms with E-state index < -0.39 is 10.2 Å². The highest BCUT2D eigenvalue weighted by molar-refractivity contribution is 7.86. The topological polar surface area (TPSA) is 89.4 Å². The second kappa shape index (κ2) is 4.38. The van der Waals surface area contributed by atoms with Crippen LogP contribution in [0.3, 0.4) is 0 Å². The van der Waals surface area contributed by atoms with Crippen molar-refractivity contribution in [3.63, 3.8) is 0 Å². The van der Waals surface area contributed by atoms with Crippen molar-refractivity contribution in [3.8, 4) is 0 Å². The molecule has 0 aromatic carbocycles. The van der Waals surface area contributed by atoms with Crippen molar-refractivity contribution in [2.45, 2.75) is 18.9 Å². The molecular weight excluding hydrogens is 202 g/mol. The standard InChI is InChI=1S/C5H13N3O2S.ClH/c6-5-2-1-3-8(4-5)11(7,9)10;/h5H,1-4,6H2,(H2,7,9,10);1H/t5-;/m1./s1. The van der Waals surface area contributed by atoms with Crippen LogP contribution in [0.15, 0.2) is 0 Å². The van der Waals surface area contributed by atoms with Crippen LogP contribution in [0, 0.1) is 0 Å². The van der Waals surface area contributed by atoms with E-state index >= 15 is 0 Å². The Morgan fingerprint density at radius 3 is 2.33 bits per heavy atom. The highest BCUT2D eigenvalue weighted by Gasteiger charge is 2.23. The fraction of sp³-hybridized carbons (Fsp3) is 1.00. The van der Waals surface area contributed by atoms with Gasteiger partial charge >= 0.3 is 0 Å². The average Bonchev–Trinajstić information content (AvgIpc) is 1.86. The second-order valence-corrected chi connectivity index (χ2v) is 4.35. The highest BCUT2D eigenvalue weighted by Crippen LogP contribution is 2.09. The van der Waals surface area contributed by atoms with Gasteiger partial charge in [0.15, 0.2) is 0 Å². The fourth-order valence-electron chi connectivity index (χ4n) is 1.21. The summed E-state index contributed by atoms with van der Waals surface area (Å²) in [5.41, 5.74) is 5.56. The maximum atomic E-state index is 10.8. The molecule has 0 aromatic rings. The van der Waals surface area contributed by atoms with E-state index in [1.54, 1.807) is 0 Å². The van der Waals surface area contributed by atoms with Crippen LogP contribution < -0.4 is 10.9 Å². The zero-order valence-corrected chi connectivity index (χ0v) is 8.27. The highest BCUT2D eigenvalue weighted by atomic mass is 35.5. The van der Waals surface area contributed by atoms with Crippen molar-refractivity contribution in [2.75, 3.05) is 13.1 Å². The van der Waals surface area contributed by atoms with Gasteiger partial charge in [-0.2, -0.15) is 12.7 Å². The largest absolute Gasteiger partial charge is 0.327 e. The van der Waals surface area contributed by atoms with E-state index in [1.165, 1.54) is 4.31 Å². The third-order valence-corrected chi connectivity index (χ3v) is 2.83. The summed E-state index contributed by atoms with van der Waals surface area (Å²) in [7, 11) is -3.51. The summed E-state index contributed by atoms with van der Waals surface area (Å²) in [6.07, 6.45) is 1.68. The van der Waals surface area contributed by atoms with Crippen LogP contribution in [0.2, 0.25) is 0 Å². The van der Waals surface area contributed by atoms with E-state index in [9.17, 15) is 8.42 Å². The number of piperidine rings is 1. The minimum atomic E-state index is -3.51. The minimum Gasteiger partial charge on any atom is -0.327 e. The lowest BCUT2D eigenvalue weighted by atomic mass is 10.1. The van der Waals surface area contributed by atoms with Crippen LogP contribution in [-0.4, -0.2) is 31.9 Å². The van der Waals surface area contributed by atoms with E-state index in [0.29, 0.717) is 13.1 Å². The van der Waals surface area contributed by atoms with Gasteiger partial charge in [-0.15, -0.1) is 12.4 Å². The van der Waals surface area contributed by atoms with Gasteiger partial charge in [-0.1, -0.05) is 0 Å². The number of hydrogen-bond acceptors (Lipinski definition) is 3. The van der Waals surface area contributed by atoms with E-state index in [0.717, 1.165) is 12.8 Å². The van der Waals surface area contributed by atoms with Crippen LogP contribution >= 0.6 is 12.4 Å². The molecule has 1 rings (SSSR count). The lowest BCUT2D eigenvalue weighted by Gasteiger charge is -2.27. The molecule has 0 saturated carbocycles. The van der Waals surface area contributed by atoms with Gasteiger partial charge in [-0.25, -0.2) is 5.14 Å². The van der Waals surface area contributed by atoms with Crippen molar-refractivity contribution < 1.29 is 8.42 Å². The Labute approximate surface area is 78.7 Å². The first-order valence-electron chi connectivity index (χ1n) is 3.53. The quantitative estimate of drug-likeness (QED) is 0.590. The smallest absolute Gasteiger partial charge is 0.276 e. The number of hydrogen-bond donors (Lipinski definition) is 2. The summed E-state index contributed by atoms with van der Waals surface area (Å²) in [5, 5.41) is 4.92. The summed E-state index contributed by atoms with van der Waals surface area (Å²) in [6, 6.07) is -0.0536. The van der Waals surface area contributed by atoms with Gasteiger partial charge in [-0.3, -0.25) is 0 Å². The molecule has 1 heterocycles. The van der Waals surface area contributed by atoms with E-state index in [1.807, 2.05) is 0 Å². The van der Waals surface area contributed by atoms with Gasteiger partial charge in [0.25, 0.3) is 10.2 Å². The monoisotopic (exact) mass is 215 g/mol. The molecule has 1 fully saturated rings. The average molecular weight is 216 g/mol. The Hall–Kier alpha value is 0.120. The van der Waals surface area contributed by atoms with Gasteiger partial charge < -0.3 is 5.73 Å². The van der Waals surface area contributed by atoms with Crippen LogP contribution in [0.4, 0.5) is 0 Å². The summed E-state index contributed by atoms with van der Waals surface area (Å²) >= 11 is 0. The normalized spacial score (nSPS) is 26.3. The Balaban J connectivity index is 0.00000121. The third kappa shape index (κ3) is 3.24. The van der Waals surface area contributed by atoms with Gasteiger partial charge in [-0.05, 0) is 12.8 Å². The fourth-order valence-corrected chi connectivity index (χ4v) is 1.99. The number of nitrogens with two attached hydrogens (primary N) is 2. The van der Waals surface area contributed by atoms with Crippen LogP contribution in [-0.2, 0) is 10.2 Å². The van der Waals surface area contributed by atoms with Crippen molar-refractivity contribution in [2.24, 2.45) is 10.9 Å². The SMILES string of the molecule is Cl.N[C@@H]1CCCN(S(N)(=O)=O)C1. The lowest BCUT2D eigenvalue weighted by molar-refractivity contribution is 0.316. The van der Waals surface area contributed by atoms with E-state index in [4.69, 9.17) is 10.9 Å². The zero-order valence-electron chi connectivity index (χ0n) is 6.64. The molecule has 1 aliphatic rings. The minimum absolute atomic E-state index is 0. The summed E-state index contributed by atoms with van der Waals surface area (Å²) in [5.74, 6) is 0. The van der Waals surface area contributed by atoms with E-state index in [-0.39, 0.29) is 18.4 Å². The summed E-state index contributed by atoms with van der Waals surface area (Å²) < 4.78 is 22.8. The van der Waals surface area contributed by atoms with Crippen LogP contribution in [0.1, 0.15) is 12.8 Å². The molecule has 0 spiro atoms. The molecular formula is C5H14ClN3O2S. The second-order valence-electron chi connectivity index (χ2n) is 2.81. The summed E-state index contributed by atoms with van der Waals surface area (Å²) in [4.78, 5) is 0. The molecule has 74 valence electrons. The van der Waals surface area contributed by atoms with Gasteiger partial charge in [0.05, 0.1) is 0 Å². The number of rotatable bonds is 1. The van der Waals surface area contributed by atoms with Crippen LogP contribution in [0.25, 0.3) is 0 Å². The molecule has 1 atom stereocenters. The molecule has 1 saturated heterocycles. The Morgan fingerprint density at radius 1 is 1.42 bits per heavy atom. The third-order valence-electron chi connectivity index (χ3n) is 1.78. The predicted molar refractivity (Wildman–Crippen MR) is 49.1 cm³/mol. The predicted octanol–water partition coefficient (Wildman–Crippen LogP) is -0.965. The molecule has 12 heavy (non-hydrogen) atoms. The maximum Gasteiger partial charge on any atom is 0.276 e. The molecule has 0 aliphatic carbocycles. The first-order valence-corrected chi connectivity index (χ1v) is 5.04.